The van der Waals surface area contributed by atoms with Crippen molar-refractivity contribution in [1.29, 1.82) is 0 Å². The van der Waals surface area contributed by atoms with Gasteiger partial charge >= 0.3 is 7.12 Å². The molecule has 1 heterocycles. The zero-order valence-corrected chi connectivity index (χ0v) is 8.02. The largest absolute Gasteiger partial charge is 0.458 e. The Morgan fingerprint density at radius 3 is 2.53 bits per heavy atom. The van der Waals surface area contributed by atoms with Crippen molar-refractivity contribution < 1.29 is 14.4 Å². The number of benzene rings is 1. The van der Waals surface area contributed by atoms with E-state index >= 15 is 0 Å². The van der Waals surface area contributed by atoms with Crippen LogP contribution in [0.15, 0.2) is 24.3 Å². The first kappa shape index (κ1) is 10.6. The van der Waals surface area contributed by atoms with Gasteiger partial charge in [0.1, 0.15) is 5.82 Å². The SMILES string of the molecule is OB(O)[C@H]1CNN[C@@H]1c1ccc(F)cc1. The highest BCUT2D eigenvalue weighted by Gasteiger charge is 2.36. The van der Waals surface area contributed by atoms with Gasteiger partial charge in [-0.15, -0.1) is 0 Å². The minimum Gasteiger partial charge on any atom is -0.427 e. The van der Waals surface area contributed by atoms with Gasteiger partial charge < -0.3 is 10.0 Å². The van der Waals surface area contributed by atoms with Gasteiger partial charge in [0.2, 0.25) is 0 Å². The molecular weight excluding hydrogens is 198 g/mol. The molecule has 0 bridgehead atoms. The molecule has 4 nitrogen and oxygen atoms in total. The Labute approximate surface area is 87.2 Å². The first-order valence-electron chi connectivity index (χ1n) is 4.78. The molecule has 6 heteroatoms. The maximum atomic E-state index is 12.7. The van der Waals surface area contributed by atoms with Gasteiger partial charge in [-0.2, -0.15) is 0 Å². The summed E-state index contributed by atoms with van der Waals surface area (Å²) in [5.41, 5.74) is 6.62. The summed E-state index contributed by atoms with van der Waals surface area (Å²) in [5.74, 6) is -0.624. The van der Waals surface area contributed by atoms with E-state index in [4.69, 9.17) is 10.0 Å². The monoisotopic (exact) mass is 210 g/mol. The lowest BCUT2D eigenvalue weighted by Crippen LogP contribution is -2.27. The van der Waals surface area contributed by atoms with Crippen molar-refractivity contribution >= 4 is 7.12 Å². The van der Waals surface area contributed by atoms with Crippen molar-refractivity contribution in [2.45, 2.75) is 11.9 Å². The molecule has 2 atom stereocenters. The van der Waals surface area contributed by atoms with E-state index < -0.39 is 7.12 Å². The van der Waals surface area contributed by atoms with Crippen LogP contribution in [0, 0.1) is 5.82 Å². The lowest BCUT2D eigenvalue weighted by Gasteiger charge is -2.17. The molecule has 0 amide bonds. The van der Waals surface area contributed by atoms with Gasteiger partial charge in [-0.3, -0.25) is 10.9 Å². The van der Waals surface area contributed by atoms with E-state index in [-0.39, 0.29) is 17.7 Å². The second-order valence-electron chi connectivity index (χ2n) is 3.63. The van der Waals surface area contributed by atoms with Crippen molar-refractivity contribution in [3.05, 3.63) is 35.6 Å². The minimum absolute atomic E-state index is 0.203. The molecule has 1 aromatic carbocycles. The first-order valence-corrected chi connectivity index (χ1v) is 4.78. The van der Waals surface area contributed by atoms with Crippen LogP contribution in [0.2, 0.25) is 5.82 Å². The van der Waals surface area contributed by atoms with E-state index in [9.17, 15) is 4.39 Å². The van der Waals surface area contributed by atoms with Crippen molar-refractivity contribution in [2.24, 2.45) is 0 Å². The fourth-order valence-electron chi connectivity index (χ4n) is 1.79. The van der Waals surface area contributed by atoms with Crippen molar-refractivity contribution in [3.8, 4) is 0 Å². The summed E-state index contributed by atoms with van der Waals surface area (Å²) in [7, 11) is -1.39. The summed E-state index contributed by atoms with van der Waals surface area (Å²) < 4.78 is 12.7. The van der Waals surface area contributed by atoms with Gasteiger partial charge in [0.15, 0.2) is 0 Å². The normalized spacial score (nSPS) is 25.5. The van der Waals surface area contributed by atoms with Crippen molar-refractivity contribution in [3.63, 3.8) is 0 Å². The van der Waals surface area contributed by atoms with E-state index in [1.165, 1.54) is 12.1 Å². The van der Waals surface area contributed by atoms with Crippen LogP contribution in [0.25, 0.3) is 0 Å². The van der Waals surface area contributed by atoms with Crippen LogP contribution in [-0.2, 0) is 0 Å². The molecule has 15 heavy (non-hydrogen) atoms. The van der Waals surface area contributed by atoms with Gasteiger partial charge in [0, 0.05) is 18.4 Å². The molecule has 0 saturated carbocycles. The van der Waals surface area contributed by atoms with Gasteiger partial charge in [-0.05, 0) is 17.7 Å². The molecule has 2 rings (SSSR count). The summed E-state index contributed by atoms with van der Waals surface area (Å²) in [4.78, 5) is 0. The summed E-state index contributed by atoms with van der Waals surface area (Å²) in [6, 6.07) is 5.78. The molecule has 80 valence electrons. The summed E-state index contributed by atoms with van der Waals surface area (Å²) >= 11 is 0. The molecule has 0 radical (unpaired) electrons. The van der Waals surface area contributed by atoms with Gasteiger partial charge in [0.05, 0.1) is 0 Å². The average Bonchev–Trinajstić information content (AvgIpc) is 2.67. The van der Waals surface area contributed by atoms with E-state index in [0.29, 0.717) is 6.54 Å². The van der Waals surface area contributed by atoms with E-state index in [2.05, 4.69) is 10.9 Å². The molecular formula is C9H12BFN2O2. The van der Waals surface area contributed by atoms with E-state index in [1.807, 2.05) is 0 Å². The third kappa shape index (κ3) is 2.18. The molecule has 0 aromatic heterocycles. The Morgan fingerprint density at radius 1 is 1.27 bits per heavy atom. The molecule has 1 aliphatic heterocycles. The van der Waals surface area contributed by atoms with Gasteiger partial charge in [-0.1, -0.05) is 12.1 Å². The quantitative estimate of drug-likeness (QED) is 0.511. The third-order valence-corrected chi connectivity index (χ3v) is 2.64. The number of hydrogen-bond donors (Lipinski definition) is 4. The Bertz CT molecular complexity index is 333. The minimum atomic E-state index is -1.39. The Morgan fingerprint density at radius 2 is 1.93 bits per heavy atom. The van der Waals surface area contributed by atoms with Gasteiger partial charge in [-0.25, -0.2) is 4.39 Å². The third-order valence-electron chi connectivity index (χ3n) is 2.64. The smallest absolute Gasteiger partial charge is 0.427 e. The fraction of sp³-hybridized carbons (Fsp3) is 0.333. The van der Waals surface area contributed by atoms with E-state index in [1.54, 1.807) is 12.1 Å². The maximum absolute atomic E-state index is 12.7. The Hall–Kier alpha value is -0.945. The van der Waals surface area contributed by atoms with Crippen LogP contribution in [0.4, 0.5) is 4.39 Å². The zero-order valence-electron chi connectivity index (χ0n) is 8.02. The number of nitrogens with one attached hydrogen (secondary N) is 2. The number of halogens is 1. The Kier molecular flexibility index (Phi) is 3.02. The zero-order chi connectivity index (χ0) is 10.8. The molecule has 1 aromatic rings. The summed E-state index contributed by atoms with van der Waals surface area (Å²) in [6.45, 7) is 0.472. The summed E-state index contributed by atoms with van der Waals surface area (Å²) in [5, 5.41) is 18.3. The first-order chi connectivity index (χ1) is 7.18. The molecule has 1 aliphatic rings. The topological polar surface area (TPSA) is 64.5 Å². The molecule has 0 spiro atoms. The predicted octanol–water partition coefficient (Wildman–Crippen LogP) is -0.182. The summed E-state index contributed by atoms with van der Waals surface area (Å²) in [6.07, 6.45) is 0. The van der Waals surface area contributed by atoms with Crippen LogP contribution >= 0.6 is 0 Å². The fourth-order valence-corrected chi connectivity index (χ4v) is 1.79. The number of hydrazine groups is 1. The van der Waals surface area contributed by atoms with Crippen molar-refractivity contribution in [2.75, 3.05) is 6.54 Å². The number of rotatable bonds is 2. The molecule has 0 unspecified atom stereocenters. The van der Waals surface area contributed by atoms with Crippen LogP contribution in [-0.4, -0.2) is 23.7 Å². The van der Waals surface area contributed by atoms with Crippen LogP contribution in [0.3, 0.4) is 0 Å². The van der Waals surface area contributed by atoms with Crippen LogP contribution in [0.5, 0.6) is 0 Å². The standard InChI is InChI=1S/C9H12BFN2O2/c11-7-3-1-6(2-4-7)9-8(10(14)15)5-12-13-9/h1-4,8-9,12-15H,5H2/t8-,9+/m0/s1. The van der Waals surface area contributed by atoms with Crippen molar-refractivity contribution in [1.82, 2.24) is 10.9 Å². The van der Waals surface area contributed by atoms with E-state index in [0.717, 1.165) is 5.56 Å². The average molecular weight is 210 g/mol. The highest BCUT2D eigenvalue weighted by molar-refractivity contribution is 6.43. The maximum Gasteiger partial charge on any atom is 0.458 e. The van der Waals surface area contributed by atoms with Crippen LogP contribution < -0.4 is 10.9 Å². The molecule has 0 aliphatic carbocycles. The molecule has 1 fully saturated rings. The lowest BCUT2D eigenvalue weighted by molar-refractivity contribution is 0.378. The predicted molar refractivity (Wildman–Crippen MR) is 54.2 cm³/mol. The second-order valence-corrected chi connectivity index (χ2v) is 3.63. The second kappa shape index (κ2) is 4.28. The molecule has 1 saturated heterocycles. The highest BCUT2D eigenvalue weighted by Crippen LogP contribution is 2.30. The van der Waals surface area contributed by atoms with Gasteiger partial charge in [0.25, 0.3) is 0 Å². The van der Waals surface area contributed by atoms with Crippen LogP contribution in [0.1, 0.15) is 11.6 Å². The highest BCUT2D eigenvalue weighted by atomic mass is 19.1. The Balaban J connectivity index is 2.19. The lowest BCUT2D eigenvalue weighted by atomic mass is 9.68. The number of hydrogen-bond acceptors (Lipinski definition) is 4. The molecule has 4 N–H and O–H groups in total.